The fourth-order valence-corrected chi connectivity index (χ4v) is 7.97. The maximum Gasteiger partial charge on any atom is 0.227 e. The predicted octanol–water partition coefficient (Wildman–Crippen LogP) is 4.54. The Kier molecular flexibility index (Phi) is 4.63. The first kappa shape index (κ1) is 19.4. The monoisotopic (exact) mass is 436 g/mol. The normalized spacial score (nSPS) is 33.1. The zero-order chi connectivity index (χ0) is 21.0. The highest BCUT2D eigenvalue weighted by molar-refractivity contribution is 7.15. The second-order valence-electron chi connectivity index (χ2n) is 10.2. The fourth-order valence-electron chi connectivity index (χ4n) is 6.99. The van der Waals surface area contributed by atoms with Crippen LogP contribution in [0.4, 0.5) is 10.8 Å². The number of hydrogen-bond donors (Lipinski definition) is 2. The highest BCUT2D eigenvalue weighted by atomic mass is 32.1. The van der Waals surface area contributed by atoms with E-state index in [0.29, 0.717) is 24.4 Å². The van der Waals surface area contributed by atoms with Crippen LogP contribution < -0.4 is 10.6 Å². The topological polar surface area (TPSA) is 84.0 Å². The SMILES string of the molecule is O=C(CC[C@@H]1Cc2ccccc2NC1=O)Nc1nnc(C23CC4CC(CC(C4)C2)C3)s1. The van der Waals surface area contributed by atoms with Crippen molar-refractivity contribution in [3.8, 4) is 0 Å². The maximum absolute atomic E-state index is 12.6. The minimum atomic E-state index is -0.169. The molecule has 6 nitrogen and oxygen atoms in total. The van der Waals surface area contributed by atoms with E-state index >= 15 is 0 Å². The average Bonchev–Trinajstić information content (AvgIpc) is 3.20. The van der Waals surface area contributed by atoms with Crippen molar-refractivity contribution in [3.63, 3.8) is 0 Å². The number of hydrogen-bond acceptors (Lipinski definition) is 5. The Hall–Kier alpha value is -2.28. The lowest BCUT2D eigenvalue weighted by atomic mass is 9.50. The quantitative estimate of drug-likeness (QED) is 0.721. The zero-order valence-corrected chi connectivity index (χ0v) is 18.4. The van der Waals surface area contributed by atoms with Crippen LogP contribution >= 0.6 is 11.3 Å². The first-order chi connectivity index (χ1) is 15.1. The number of rotatable bonds is 5. The molecule has 2 heterocycles. The van der Waals surface area contributed by atoms with E-state index in [1.807, 2.05) is 24.3 Å². The standard InChI is InChI=1S/C24H28N4O2S/c29-20(6-5-18-10-17-3-1-2-4-19(17)25-21(18)30)26-23-28-27-22(31-23)24-11-14-7-15(12-24)9-16(8-14)13-24/h1-4,14-16,18H,5-13H2,(H,25,30)(H,26,28,29)/t14?,15?,16?,18-,24?/m1/s1. The Labute approximate surface area is 186 Å². The molecule has 1 atom stereocenters. The number of nitrogens with zero attached hydrogens (tertiary/aromatic N) is 2. The second-order valence-corrected chi connectivity index (χ2v) is 11.2. The molecule has 2 amide bonds. The molecule has 0 spiro atoms. The van der Waals surface area contributed by atoms with Crippen LogP contribution in [0.5, 0.6) is 0 Å². The van der Waals surface area contributed by atoms with Gasteiger partial charge in [-0.3, -0.25) is 9.59 Å². The lowest BCUT2D eigenvalue weighted by Crippen LogP contribution is -2.48. The van der Waals surface area contributed by atoms with Gasteiger partial charge in [-0.15, -0.1) is 10.2 Å². The minimum Gasteiger partial charge on any atom is -0.326 e. The first-order valence-corrected chi connectivity index (χ1v) is 12.4. The van der Waals surface area contributed by atoms with E-state index in [2.05, 4.69) is 20.8 Å². The van der Waals surface area contributed by atoms with Gasteiger partial charge in [-0.25, -0.2) is 0 Å². The van der Waals surface area contributed by atoms with Crippen molar-refractivity contribution in [1.29, 1.82) is 0 Å². The maximum atomic E-state index is 12.6. The summed E-state index contributed by atoms with van der Waals surface area (Å²) in [5.41, 5.74) is 2.24. The number of carbonyl (C=O) groups is 2. The molecule has 4 bridgehead atoms. The molecule has 0 radical (unpaired) electrons. The zero-order valence-electron chi connectivity index (χ0n) is 17.6. The summed E-state index contributed by atoms with van der Waals surface area (Å²) in [5.74, 6) is 2.34. The number of carbonyl (C=O) groups excluding carboxylic acids is 2. The lowest BCUT2D eigenvalue weighted by Gasteiger charge is -2.55. The van der Waals surface area contributed by atoms with Crippen LogP contribution in [0.25, 0.3) is 0 Å². The molecule has 5 aliphatic rings. The van der Waals surface area contributed by atoms with E-state index in [1.165, 1.54) is 38.5 Å². The largest absolute Gasteiger partial charge is 0.326 e. The van der Waals surface area contributed by atoms with Crippen LogP contribution in [0.1, 0.15) is 61.9 Å². The smallest absolute Gasteiger partial charge is 0.227 e. The predicted molar refractivity (Wildman–Crippen MR) is 120 cm³/mol. The Morgan fingerprint density at radius 1 is 1.10 bits per heavy atom. The van der Waals surface area contributed by atoms with Crippen molar-refractivity contribution < 1.29 is 9.59 Å². The van der Waals surface area contributed by atoms with Crippen LogP contribution in [-0.2, 0) is 21.4 Å². The van der Waals surface area contributed by atoms with E-state index in [-0.39, 0.29) is 23.1 Å². The van der Waals surface area contributed by atoms with Gasteiger partial charge in [0.15, 0.2) is 0 Å². The number of aromatic nitrogens is 2. The summed E-state index contributed by atoms with van der Waals surface area (Å²) >= 11 is 1.57. The van der Waals surface area contributed by atoms with Crippen LogP contribution in [0.15, 0.2) is 24.3 Å². The van der Waals surface area contributed by atoms with Crippen molar-refractivity contribution in [2.24, 2.45) is 23.7 Å². The first-order valence-electron chi connectivity index (χ1n) is 11.6. The van der Waals surface area contributed by atoms with Crippen LogP contribution in [0.2, 0.25) is 0 Å². The van der Waals surface area contributed by atoms with Gasteiger partial charge >= 0.3 is 0 Å². The van der Waals surface area contributed by atoms with Gasteiger partial charge in [-0.2, -0.15) is 0 Å². The molecule has 4 aliphatic carbocycles. The van der Waals surface area contributed by atoms with Gasteiger partial charge in [0, 0.05) is 23.4 Å². The highest BCUT2D eigenvalue weighted by Gasteiger charge is 2.53. The van der Waals surface area contributed by atoms with Gasteiger partial charge in [-0.05, 0) is 80.8 Å². The summed E-state index contributed by atoms with van der Waals surface area (Å²) in [7, 11) is 0. The van der Waals surface area contributed by atoms with Crippen molar-refractivity contribution >= 4 is 34.0 Å². The van der Waals surface area contributed by atoms with Crippen molar-refractivity contribution in [2.75, 3.05) is 10.6 Å². The number of nitrogens with one attached hydrogen (secondary N) is 2. The van der Waals surface area contributed by atoms with Gasteiger partial charge in [0.25, 0.3) is 0 Å². The molecule has 162 valence electrons. The van der Waals surface area contributed by atoms with Crippen molar-refractivity contribution in [2.45, 2.75) is 63.2 Å². The second kappa shape index (κ2) is 7.40. The van der Waals surface area contributed by atoms with Gasteiger partial charge in [0.1, 0.15) is 5.01 Å². The van der Waals surface area contributed by atoms with E-state index in [1.54, 1.807) is 11.3 Å². The molecule has 1 aromatic heterocycles. The molecule has 31 heavy (non-hydrogen) atoms. The van der Waals surface area contributed by atoms with Crippen LogP contribution in [-0.4, -0.2) is 22.0 Å². The van der Waals surface area contributed by atoms with E-state index in [0.717, 1.165) is 34.0 Å². The van der Waals surface area contributed by atoms with Gasteiger partial charge in [0.05, 0.1) is 0 Å². The summed E-state index contributed by atoms with van der Waals surface area (Å²) in [6.07, 6.45) is 9.49. The summed E-state index contributed by atoms with van der Waals surface area (Å²) < 4.78 is 0. The van der Waals surface area contributed by atoms with Crippen LogP contribution in [0.3, 0.4) is 0 Å². The number of anilines is 2. The van der Waals surface area contributed by atoms with Crippen molar-refractivity contribution in [1.82, 2.24) is 10.2 Å². The van der Waals surface area contributed by atoms with E-state index in [4.69, 9.17) is 0 Å². The Balaban J connectivity index is 1.07. The summed E-state index contributed by atoms with van der Waals surface area (Å²) in [6, 6.07) is 7.87. The third-order valence-corrected chi connectivity index (χ3v) is 9.08. The molecule has 2 aromatic rings. The summed E-state index contributed by atoms with van der Waals surface area (Å²) in [6.45, 7) is 0. The Morgan fingerprint density at radius 3 is 2.55 bits per heavy atom. The summed E-state index contributed by atoms with van der Waals surface area (Å²) in [5, 5.41) is 16.5. The fraction of sp³-hybridized carbons (Fsp3) is 0.583. The Morgan fingerprint density at radius 2 is 1.81 bits per heavy atom. The van der Waals surface area contributed by atoms with Gasteiger partial charge < -0.3 is 10.6 Å². The molecule has 1 aromatic carbocycles. The molecule has 2 N–H and O–H groups in total. The molecular formula is C24H28N4O2S. The number of benzene rings is 1. The molecule has 7 heteroatoms. The molecule has 0 saturated heterocycles. The molecular weight excluding hydrogens is 408 g/mol. The molecule has 7 rings (SSSR count). The average molecular weight is 437 g/mol. The highest BCUT2D eigenvalue weighted by Crippen LogP contribution is 2.61. The van der Waals surface area contributed by atoms with Crippen LogP contribution in [0, 0.1) is 23.7 Å². The molecule has 4 fully saturated rings. The van der Waals surface area contributed by atoms with Gasteiger partial charge in [0.2, 0.25) is 16.9 Å². The molecule has 4 saturated carbocycles. The van der Waals surface area contributed by atoms with Crippen molar-refractivity contribution in [3.05, 3.63) is 34.8 Å². The summed E-state index contributed by atoms with van der Waals surface area (Å²) in [4.78, 5) is 24.9. The minimum absolute atomic E-state index is 0.00603. The molecule has 0 unspecified atom stereocenters. The Bertz CT molecular complexity index is 997. The lowest BCUT2D eigenvalue weighted by molar-refractivity contribution is -0.121. The van der Waals surface area contributed by atoms with Gasteiger partial charge in [-0.1, -0.05) is 29.5 Å². The third kappa shape index (κ3) is 3.56. The van der Waals surface area contributed by atoms with E-state index in [9.17, 15) is 9.59 Å². The third-order valence-electron chi connectivity index (χ3n) is 8.00. The number of para-hydroxylation sites is 1. The molecule has 1 aliphatic heterocycles. The number of amides is 2. The van der Waals surface area contributed by atoms with E-state index < -0.39 is 0 Å². The number of fused-ring (bicyclic) bond motifs is 1.